The zero-order chi connectivity index (χ0) is 61.4. The molecule has 10 aromatic heterocycles. The summed E-state index contributed by atoms with van der Waals surface area (Å²) in [5.41, 5.74) is 13.9. The van der Waals surface area contributed by atoms with Crippen molar-refractivity contribution in [1.82, 2.24) is 49.7 Å². The topological polar surface area (TPSA) is 120 Å². The molecule has 0 aliphatic carbocycles. The van der Waals surface area contributed by atoms with Gasteiger partial charge in [0.05, 0.1) is 33.6 Å². The highest BCUT2D eigenvalue weighted by Crippen LogP contribution is 2.34. The number of thiophene rings is 2. The van der Waals surface area contributed by atoms with Crippen molar-refractivity contribution in [3.63, 3.8) is 0 Å². The second-order valence-corrected chi connectivity index (χ2v) is 29.5. The van der Waals surface area contributed by atoms with E-state index in [4.69, 9.17) is 0 Å². The normalized spacial score (nSPS) is 11.9. The molecule has 0 spiro atoms. The second kappa shape index (κ2) is 28.4. The van der Waals surface area contributed by atoms with E-state index in [1.807, 2.05) is 78.2 Å². The monoisotopic (exact) mass is 1150 g/mol. The van der Waals surface area contributed by atoms with Crippen LogP contribution >= 0.6 is 22.7 Å². The molecule has 0 unspecified atom stereocenters. The maximum Gasteiger partial charge on any atom is 0.123 e. The summed E-state index contributed by atoms with van der Waals surface area (Å²) in [5.74, 6) is 0. The Morgan fingerprint density at radius 2 is 0.904 bits per heavy atom. The number of rotatable bonds is 0. The molecule has 83 heavy (non-hydrogen) atoms. The van der Waals surface area contributed by atoms with E-state index in [9.17, 15) is 0 Å². The van der Waals surface area contributed by atoms with Gasteiger partial charge in [0.25, 0.3) is 0 Å². The first-order chi connectivity index (χ1) is 38.7. The molecule has 0 amide bonds. The van der Waals surface area contributed by atoms with Crippen LogP contribution in [-0.4, -0.2) is 49.7 Å². The molecule has 0 atom stereocenters. The van der Waals surface area contributed by atoms with Crippen molar-refractivity contribution in [3.8, 4) is 0 Å². The van der Waals surface area contributed by atoms with Crippen LogP contribution in [0.3, 0.4) is 0 Å². The third-order valence-corrected chi connectivity index (χ3v) is 15.1. The molecule has 0 aliphatic rings. The predicted molar refractivity (Wildman–Crippen MR) is 355 cm³/mol. The van der Waals surface area contributed by atoms with Crippen LogP contribution in [0.15, 0.2) is 176 Å². The van der Waals surface area contributed by atoms with Crippen LogP contribution in [-0.2, 0) is 37.9 Å². The van der Waals surface area contributed by atoms with Crippen LogP contribution in [0.4, 0.5) is 0 Å². The van der Waals surface area contributed by atoms with Gasteiger partial charge in [0.15, 0.2) is 0 Å². The lowest BCUT2D eigenvalue weighted by atomic mass is 9.85. The molecular formula is C71H92N10S2. The van der Waals surface area contributed by atoms with E-state index < -0.39 is 0 Å². The molecule has 0 saturated carbocycles. The lowest BCUT2D eigenvalue weighted by molar-refractivity contribution is 0.567. The fourth-order valence-corrected chi connectivity index (χ4v) is 10.4. The minimum Gasteiger partial charge on any atom is -0.265 e. The number of fused-ring (bicyclic) bond motifs is 4. The molecule has 1 aromatic carbocycles. The average Bonchev–Trinajstić information content (AvgIpc) is 4.43. The SMILES string of the molecule is CC(C)(C)c1ccnc2ccccc12.CC(C)(C)c1ccnc2ccsc12.CC(C)(C)c1ccnc2sccc12.CC(C)(C)c1ccncc1.CC(C)(C)c1ccncn1.CC(C)(C)c1ccnnc1.CC(C)(C)c1cnn2ccccc12. The number of hydrogen-bond donors (Lipinski definition) is 0. The van der Waals surface area contributed by atoms with Crippen LogP contribution < -0.4 is 0 Å². The van der Waals surface area contributed by atoms with Crippen molar-refractivity contribution in [1.29, 1.82) is 0 Å². The van der Waals surface area contributed by atoms with E-state index in [2.05, 4.69) is 268 Å². The van der Waals surface area contributed by atoms with Gasteiger partial charge in [-0.05, 0) is 144 Å². The van der Waals surface area contributed by atoms with Gasteiger partial charge in [-0.3, -0.25) is 15.0 Å². The van der Waals surface area contributed by atoms with E-state index in [1.54, 1.807) is 47.6 Å². The standard InChI is InChI=1S/C13H15N.C11H14N2.2C11H13NS.C9H13N.2C8H12N2/c1-13(2,3)11-8-9-14-12-7-5-4-6-10(11)12;1-11(2,3)9-8-12-13-7-5-4-6-10(9)13;1-11(2,3)9-4-6-12-10-8(9)5-7-13-10;1-11(2,3)8-4-6-12-9-5-7-13-10(8)9;1-9(2,3)8-4-6-10-7-5-8;1-8(2,3)7-4-5-9-6-10-7;1-8(2,3)7-4-5-9-10-6-7/h4-9H,1-3H3;4-8H,1-3H3;2*4-7H,1-3H3;4-7H,1-3H3;2*4-6H,1-3H3. The number of nitrogens with zero attached hydrogens (tertiary/aromatic N) is 10. The Morgan fingerprint density at radius 1 is 0.361 bits per heavy atom. The fraction of sp³-hybridized carbons (Fsp3) is 0.394. The first-order valence-electron chi connectivity index (χ1n) is 28.5. The summed E-state index contributed by atoms with van der Waals surface area (Å²) in [6.07, 6.45) is 20.2. The lowest BCUT2D eigenvalue weighted by Crippen LogP contribution is -2.12. The maximum atomic E-state index is 4.36. The molecule has 11 rings (SSSR count). The Morgan fingerprint density at radius 3 is 1.43 bits per heavy atom. The summed E-state index contributed by atoms with van der Waals surface area (Å²) in [4.78, 5) is 26.1. The minimum atomic E-state index is 0.142. The van der Waals surface area contributed by atoms with Gasteiger partial charge in [-0.25, -0.2) is 19.5 Å². The number of hydrogen-bond acceptors (Lipinski definition) is 11. The first-order valence-corrected chi connectivity index (χ1v) is 30.3. The Hall–Kier alpha value is -7.15. The van der Waals surface area contributed by atoms with Crippen LogP contribution in [0.5, 0.6) is 0 Å². The molecule has 0 aliphatic heterocycles. The highest BCUT2D eigenvalue weighted by Gasteiger charge is 2.21. The molecule has 0 N–H and O–H groups in total. The van der Waals surface area contributed by atoms with Gasteiger partial charge in [0, 0.05) is 77.0 Å². The van der Waals surface area contributed by atoms with Crippen molar-refractivity contribution in [2.45, 2.75) is 183 Å². The van der Waals surface area contributed by atoms with E-state index in [1.165, 1.54) is 54.4 Å². The second-order valence-electron chi connectivity index (χ2n) is 27.7. The van der Waals surface area contributed by atoms with Gasteiger partial charge in [-0.1, -0.05) is 170 Å². The Labute approximate surface area is 504 Å². The number of benzene rings is 1. The van der Waals surface area contributed by atoms with Gasteiger partial charge in [0.1, 0.15) is 11.2 Å². The van der Waals surface area contributed by atoms with Crippen molar-refractivity contribution in [2.24, 2.45) is 0 Å². The zero-order valence-corrected chi connectivity index (χ0v) is 55.2. The highest BCUT2D eigenvalue weighted by molar-refractivity contribution is 7.17. The van der Waals surface area contributed by atoms with Gasteiger partial charge in [-0.15, -0.1) is 22.7 Å². The highest BCUT2D eigenvalue weighted by atomic mass is 32.1. The van der Waals surface area contributed by atoms with Gasteiger partial charge in [-0.2, -0.15) is 15.3 Å². The van der Waals surface area contributed by atoms with Crippen LogP contribution in [0.1, 0.15) is 184 Å². The Balaban J connectivity index is 0.000000178. The van der Waals surface area contributed by atoms with Gasteiger partial charge in [0.2, 0.25) is 0 Å². The van der Waals surface area contributed by atoms with Gasteiger partial charge < -0.3 is 0 Å². The van der Waals surface area contributed by atoms with E-state index in [0.29, 0.717) is 0 Å². The molecular weight excluding hydrogens is 1060 g/mol. The molecule has 438 valence electrons. The maximum absolute atomic E-state index is 4.36. The van der Waals surface area contributed by atoms with Crippen molar-refractivity contribution >= 4 is 59.5 Å². The molecule has 0 fully saturated rings. The zero-order valence-electron chi connectivity index (χ0n) is 53.5. The van der Waals surface area contributed by atoms with Crippen LogP contribution in [0, 0.1) is 0 Å². The molecule has 12 heteroatoms. The first kappa shape index (κ1) is 66.6. The van der Waals surface area contributed by atoms with Crippen LogP contribution in [0.25, 0.3) is 36.9 Å². The summed E-state index contributed by atoms with van der Waals surface area (Å²) < 4.78 is 3.25. The van der Waals surface area contributed by atoms with Crippen molar-refractivity contribution in [2.75, 3.05) is 0 Å². The Kier molecular flexibility index (Phi) is 22.8. The van der Waals surface area contributed by atoms with E-state index >= 15 is 0 Å². The van der Waals surface area contributed by atoms with Crippen LogP contribution in [0.2, 0.25) is 0 Å². The molecule has 0 radical (unpaired) electrons. The fourth-order valence-electron chi connectivity index (χ4n) is 8.58. The summed E-state index contributed by atoms with van der Waals surface area (Å²) >= 11 is 3.48. The number of aromatic nitrogens is 10. The summed E-state index contributed by atoms with van der Waals surface area (Å²) in [5, 5.41) is 18.6. The van der Waals surface area contributed by atoms with E-state index in [0.717, 1.165) is 21.6 Å². The summed E-state index contributed by atoms with van der Waals surface area (Å²) in [7, 11) is 0. The number of para-hydroxylation sites is 1. The van der Waals surface area contributed by atoms with Crippen molar-refractivity contribution < 1.29 is 0 Å². The van der Waals surface area contributed by atoms with Crippen molar-refractivity contribution in [3.05, 3.63) is 215 Å². The molecule has 0 bridgehead atoms. The smallest absolute Gasteiger partial charge is 0.123 e. The molecule has 11 aromatic rings. The summed E-state index contributed by atoms with van der Waals surface area (Å²) in [6, 6.07) is 33.1. The quantitative estimate of drug-likeness (QED) is 0.146. The average molecular weight is 1150 g/mol. The van der Waals surface area contributed by atoms with E-state index in [-0.39, 0.29) is 37.9 Å². The Bertz CT molecular complexity index is 3450. The minimum absolute atomic E-state index is 0.142. The third-order valence-electron chi connectivity index (χ3n) is 13.4. The molecule has 10 heterocycles. The predicted octanol–water partition coefficient (Wildman–Crippen LogP) is 19.3. The number of pyridine rings is 5. The van der Waals surface area contributed by atoms with Gasteiger partial charge >= 0.3 is 0 Å². The third kappa shape index (κ3) is 20.3. The summed E-state index contributed by atoms with van der Waals surface area (Å²) in [6.45, 7) is 46.2. The molecule has 0 saturated heterocycles. The lowest BCUT2D eigenvalue weighted by Gasteiger charge is -2.20. The largest absolute Gasteiger partial charge is 0.265 e. The molecule has 10 nitrogen and oxygen atoms in total.